The summed E-state index contributed by atoms with van der Waals surface area (Å²) in [5.41, 5.74) is 1.38. The number of hydrogen-bond acceptors (Lipinski definition) is 4. The monoisotopic (exact) mass is 276 g/mol. The molecule has 0 aliphatic heterocycles. The number of benzene rings is 2. The Hall–Kier alpha value is -3.06. The van der Waals surface area contributed by atoms with Gasteiger partial charge in [-0.1, -0.05) is 23.4 Å². The van der Waals surface area contributed by atoms with Gasteiger partial charge in [-0.15, -0.1) is 0 Å². The summed E-state index contributed by atoms with van der Waals surface area (Å²) in [4.78, 5) is 0. The van der Waals surface area contributed by atoms with Crippen molar-refractivity contribution in [3.8, 4) is 11.8 Å². The summed E-state index contributed by atoms with van der Waals surface area (Å²) in [5, 5.41) is 15.0. The Labute approximate surface area is 121 Å². The zero-order chi connectivity index (χ0) is 14.7. The molecule has 0 aliphatic carbocycles. The minimum absolute atomic E-state index is 0.445. The highest BCUT2D eigenvalue weighted by Crippen LogP contribution is 2.24. The first-order chi connectivity index (χ1) is 10.3. The van der Waals surface area contributed by atoms with Crippen LogP contribution < -0.4 is 4.74 Å². The largest absolute Gasteiger partial charge is 0.497 e. The number of allylic oxidation sites excluding steroid dienone is 1. The summed E-state index contributed by atoms with van der Waals surface area (Å²) in [6.45, 7) is 0. The van der Waals surface area contributed by atoms with E-state index in [9.17, 15) is 5.26 Å². The molecule has 0 radical (unpaired) electrons. The fourth-order valence-corrected chi connectivity index (χ4v) is 2.14. The van der Waals surface area contributed by atoms with Gasteiger partial charge < -0.3 is 9.26 Å². The molecule has 0 amide bonds. The van der Waals surface area contributed by atoms with E-state index in [1.807, 2.05) is 36.4 Å². The molecule has 21 heavy (non-hydrogen) atoms. The van der Waals surface area contributed by atoms with Crippen molar-refractivity contribution >= 4 is 22.4 Å². The Kier molecular flexibility index (Phi) is 3.40. The molecule has 1 aromatic heterocycles. The summed E-state index contributed by atoms with van der Waals surface area (Å²) in [6.07, 6.45) is 3.30. The Morgan fingerprint density at radius 1 is 1.19 bits per heavy atom. The fraction of sp³-hybridized carbons (Fsp3) is 0.0588. The molecule has 3 rings (SSSR count). The maximum absolute atomic E-state index is 9.22. The van der Waals surface area contributed by atoms with E-state index in [1.165, 1.54) is 6.20 Å². The molecule has 0 atom stereocenters. The summed E-state index contributed by atoms with van der Waals surface area (Å²) in [7, 11) is 1.65. The van der Waals surface area contributed by atoms with Crippen LogP contribution in [-0.2, 0) is 0 Å². The van der Waals surface area contributed by atoms with E-state index in [4.69, 9.17) is 9.26 Å². The van der Waals surface area contributed by atoms with Crippen LogP contribution in [0.3, 0.4) is 0 Å². The molecular weight excluding hydrogens is 264 g/mol. The molecule has 0 N–H and O–H groups in total. The van der Waals surface area contributed by atoms with Crippen LogP contribution in [0.15, 0.2) is 53.2 Å². The van der Waals surface area contributed by atoms with E-state index >= 15 is 0 Å². The maximum Gasteiger partial charge on any atom is 0.177 e. The highest BCUT2D eigenvalue weighted by molar-refractivity contribution is 5.91. The third-order valence-corrected chi connectivity index (χ3v) is 3.21. The Balaban J connectivity index is 2.03. The SMILES string of the molecule is COc1ccc2cc(/C=C(/C#N)c3ccno3)ccc2c1. The van der Waals surface area contributed by atoms with E-state index in [1.54, 1.807) is 19.3 Å². The van der Waals surface area contributed by atoms with Gasteiger partial charge in [0, 0.05) is 6.07 Å². The normalized spacial score (nSPS) is 11.3. The van der Waals surface area contributed by atoms with Crippen molar-refractivity contribution in [3.05, 3.63) is 60.0 Å². The molecule has 2 aromatic carbocycles. The molecule has 0 unspecified atom stereocenters. The van der Waals surface area contributed by atoms with Crippen molar-refractivity contribution in [1.29, 1.82) is 5.26 Å². The van der Waals surface area contributed by atoms with Crippen molar-refractivity contribution in [2.45, 2.75) is 0 Å². The molecular formula is C17H12N2O2. The van der Waals surface area contributed by atoms with Gasteiger partial charge in [-0.25, -0.2) is 0 Å². The first-order valence-corrected chi connectivity index (χ1v) is 6.41. The predicted molar refractivity (Wildman–Crippen MR) is 80.5 cm³/mol. The minimum atomic E-state index is 0.445. The molecule has 4 nitrogen and oxygen atoms in total. The average molecular weight is 276 g/mol. The molecule has 0 fully saturated rings. The second kappa shape index (κ2) is 5.51. The summed E-state index contributed by atoms with van der Waals surface area (Å²) < 4.78 is 10.2. The Morgan fingerprint density at radius 2 is 2.00 bits per heavy atom. The van der Waals surface area contributed by atoms with E-state index < -0.39 is 0 Å². The van der Waals surface area contributed by atoms with Crippen molar-refractivity contribution in [3.63, 3.8) is 0 Å². The molecule has 4 heteroatoms. The Bertz CT molecular complexity index is 843. The number of ether oxygens (including phenoxy) is 1. The van der Waals surface area contributed by atoms with E-state index in [0.717, 1.165) is 22.1 Å². The molecule has 0 spiro atoms. The average Bonchev–Trinajstić information content (AvgIpc) is 3.06. The third kappa shape index (κ3) is 2.63. The summed E-state index contributed by atoms with van der Waals surface area (Å²) in [6, 6.07) is 15.6. The van der Waals surface area contributed by atoms with Gasteiger partial charge in [0.25, 0.3) is 0 Å². The van der Waals surface area contributed by atoms with Crippen molar-refractivity contribution in [2.24, 2.45) is 0 Å². The Morgan fingerprint density at radius 3 is 2.71 bits per heavy atom. The number of methoxy groups -OCH3 is 1. The standard InChI is InChI=1S/C17H12N2O2/c1-20-16-5-4-13-8-12(2-3-14(13)10-16)9-15(11-18)17-6-7-19-21-17/h2-10H,1H3/b15-9-. The van der Waals surface area contributed by atoms with Crippen molar-refractivity contribution in [1.82, 2.24) is 5.16 Å². The van der Waals surface area contributed by atoms with Gasteiger partial charge in [0.05, 0.1) is 18.9 Å². The lowest BCUT2D eigenvalue weighted by Gasteiger charge is -2.03. The third-order valence-electron chi connectivity index (χ3n) is 3.21. The number of fused-ring (bicyclic) bond motifs is 1. The van der Waals surface area contributed by atoms with Gasteiger partial charge in [-0.05, 0) is 40.6 Å². The van der Waals surface area contributed by atoms with Gasteiger partial charge in [0.15, 0.2) is 5.76 Å². The number of hydrogen-bond donors (Lipinski definition) is 0. The van der Waals surface area contributed by atoms with Crippen molar-refractivity contribution in [2.75, 3.05) is 7.11 Å². The van der Waals surface area contributed by atoms with Crippen LogP contribution >= 0.6 is 0 Å². The number of rotatable bonds is 3. The van der Waals surface area contributed by atoms with Crippen LogP contribution in [0.25, 0.3) is 22.4 Å². The van der Waals surface area contributed by atoms with Crippen LogP contribution in [0.1, 0.15) is 11.3 Å². The van der Waals surface area contributed by atoms with Gasteiger partial charge in [-0.2, -0.15) is 5.26 Å². The molecule has 0 saturated heterocycles. The van der Waals surface area contributed by atoms with Gasteiger partial charge in [-0.3, -0.25) is 0 Å². The topological polar surface area (TPSA) is 59.0 Å². The lowest BCUT2D eigenvalue weighted by molar-refractivity contribution is 0.411. The lowest BCUT2D eigenvalue weighted by Crippen LogP contribution is -1.83. The zero-order valence-electron chi connectivity index (χ0n) is 11.4. The fourth-order valence-electron chi connectivity index (χ4n) is 2.14. The summed E-state index contributed by atoms with van der Waals surface area (Å²) >= 11 is 0. The van der Waals surface area contributed by atoms with Crippen LogP contribution in [0.4, 0.5) is 0 Å². The minimum Gasteiger partial charge on any atom is -0.497 e. The smallest absolute Gasteiger partial charge is 0.177 e. The number of nitrogens with zero attached hydrogens (tertiary/aromatic N) is 2. The molecule has 1 heterocycles. The zero-order valence-corrected chi connectivity index (χ0v) is 11.4. The van der Waals surface area contributed by atoms with Crippen molar-refractivity contribution < 1.29 is 9.26 Å². The highest BCUT2D eigenvalue weighted by Gasteiger charge is 2.05. The predicted octanol–water partition coefficient (Wildman–Crippen LogP) is 3.90. The van der Waals surface area contributed by atoms with Crippen LogP contribution in [0.5, 0.6) is 5.75 Å². The molecule has 0 aliphatic rings. The molecule has 0 saturated carbocycles. The van der Waals surface area contributed by atoms with E-state index in [-0.39, 0.29) is 0 Å². The van der Waals surface area contributed by atoms with Crippen LogP contribution in [0, 0.1) is 11.3 Å². The summed E-state index contributed by atoms with van der Waals surface area (Å²) in [5.74, 6) is 1.29. The second-order valence-electron chi connectivity index (χ2n) is 4.52. The quantitative estimate of drug-likeness (QED) is 0.681. The molecule has 102 valence electrons. The second-order valence-corrected chi connectivity index (χ2v) is 4.52. The van der Waals surface area contributed by atoms with E-state index in [0.29, 0.717) is 11.3 Å². The highest BCUT2D eigenvalue weighted by atomic mass is 16.5. The van der Waals surface area contributed by atoms with Crippen LogP contribution in [-0.4, -0.2) is 12.3 Å². The number of nitriles is 1. The lowest BCUT2D eigenvalue weighted by atomic mass is 10.0. The van der Waals surface area contributed by atoms with Gasteiger partial charge in [0.1, 0.15) is 11.8 Å². The first kappa shape index (κ1) is 12.9. The van der Waals surface area contributed by atoms with Crippen LogP contribution in [0.2, 0.25) is 0 Å². The molecule has 0 bridgehead atoms. The first-order valence-electron chi connectivity index (χ1n) is 6.41. The van der Waals surface area contributed by atoms with E-state index in [2.05, 4.69) is 11.2 Å². The molecule has 3 aromatic rings. The van der Waals surface area contributed by atoms with Gasteiger partial charge in [0.2, 0.25) is 0 Å². The van der Waals surface area contributed by atoms with Gasteiger partial charge >= 0.3 is 0 Å². The maximum atomic E-state index is 9.22. The number of aromatic nitrogens is 1.